The lowest BCUT2D eigenvalue weighted by molar-refractivity contribution is 1.05. The van der Waals surface area contributed by atoms with Crippen molar-refractivity contribution >= 4 is 27.8 Å². The lowest BCUT2D eigenvalue weighted by atomic mass is 10.2. The van der Waals surface area contributed by atoms with E-state index < -0.39 is 0 Å². The molecule has 0 spiro atoms. The molecule has 0 bridgehead atoms. The van der Waals surface area contributed by atoms with Gasteiger partial charge >= 0.3 is 0 Å². The Morgan fingerprint density at radius 3 is 2.70 bits per heavy atom. The quantitative estimate of drug-likeness (QED) is 0.804. The molecular formula is C13H11N5S2. The minimum Gasteiger partial charge on any atom is -0.375 e. The number of aromatic nitrogens is 4. The lowest BCUT2D eigenvalue weighted by Gasteiger charge is -1.94. The monoisotopic (exact) mass is 301 g/mol. The zero-order chi connectivity index (χ0) is 13.5. The minimum atomic E-state index is 0.564. The summed E-state index contributed by atoms with van der Waals surface area (Å²) in [7, 11) is 0. The van der Waals surface area contributed by atoms with Gasteiger partial charge in [0.2, 0.25) is 0 Å². The van der Waals surface area contributed by atoms with E-state index in [2.05, 4.69) is 15.0 Å². The van der Waals surface area contributed by atoms with Crippen LogP contribution in [0, 0.1) is 0 Å². The molecule has 20 heavy (non-hydrogen) atoms. The fourth-order valence-corrected chi connectivity index (χ4v) is 3.76. The molecule has 3 aromatic heterocycles. The molecule has 0 unspecified atom stereocenters. The number of nitrogen functional groups attached to an aromatic ring is 1. The van der Waals surface area contributed by atoms with E-state index in [0.29, 0.717) is 11.0 Å². The SMILES string of the molecule is Nc1nc(-c2sc(-c3cnccn3)nc2C2CC2)cs1. The summed E-state index contributed by atoms with van der Waals surface area (Å²) in [6, 6.07) is 0. The Bertz CT molecular complexity index is 745. The van der Waals surface area contributed by atoms with Gasteiger partial charge < -0.3 is 5.73 Å². The van der Waals surface area contributed by atoms with Crippen LogP contribution in [0.4, 0.5) is 5.13 Å². The first kappa shape index (κ1) is 11.9. The second kappa shape index (κ2) is 4.60. The van der Waals surface area contributed by atoms with Gasteiger partial charge in [-0.25, -0.2) is 9.97 Å². The first-order valence-corrected chi connectivity index (χ1v) is 7.99. The number of nitrogens with zero attached hydrogens (tertiary/aromatic N) is 4. The fourth-order valence-electron chi connectivity index (χ4n) is 2.06. The Morgan fingerprint density at radius 2 is 2.05 bits per heavy atom. The van der Waals surface area contributed by atoms with Gasteiger partial charge in [0.05, 0.1) is 22.5 Å². The summed E-state index contributed by atoms with van der Waals surface area (Å²) >= 11 is 3.09. The summed E-state index contributed by atoms with van der Waals surface area (Å²) in [5, 5.41) is 3.49. The van der Waals surface area contributed by atoms with Gasteiger partial charge in [0.15, 0.2) is 5.13 Å². The van der Waals surface area contributed by atoms with Crippen molar-refractivity contribution in [3.05, 3.63) is 29.7 Å². The van der Waals surface area contributed by atoms with Crippen molar-refractivity contribution in [2.75, 3.05) is 5.73 Å². The minimum absolute atomic E-state index is 0.564. The van der Waals surface area contributed by atoms with Crippen LogP contribution < -0.4 is 5.73 Å². The molecule has 0 amide bonds. The molecule has 0 saturated heterocycles. The molecule has 3 aromatic rings. The van der Waals surface area contributed by atoms with Crippen LogP contribution in [0.3, 0.4) is 0 Å². The standard InChI is InChI=1S/C13H11N5S2/c14-13-17-9(6-19-13)11-10(7-1-2-7)18-12(20-11)8-5-15-3-4-16-8/h3-7H,1-2H2,(H2,14,17). The summed E-state index contributed by atoms with van der Waals surface area (Å²) in [4.78, 5) is 18.7. The van der Waals surface area contributed by atoms with E-state index in [0.717, 1.165) is 27.0 Å². The van der Waals surface area contributed by atoms with Crippen molar-refractivity contribution < 1.29 is 0 Å². The average Bonchev–Trinajstić information content (AvgIpc) is 3.08. The van der Waals surface area contributed by atoms with Gasteiger partial charge in [0, 0.05) is 23.7 Å². The Kier molecular flexibility index (Phi) is 2.75. The van der Waals surface area contributed by atoms with Crippen molar-refractivity contribution in [1.29, 1.82) is 0 Å². The predicted octanol–water partition coefficient (Wildman–Crippen LogP) is 3.18. The van der Waals surface area contributed by atoms with Crippen LogP contribution in [-0.2, 0) is 0 Å². The predicted molar refractivity (Wildman–Crippen MR) is 80.6 cm³/mol. The van der Waals surface area contributed by atoms with Crippen molar-refractivity contribution in [1.82, 2.24) is 19.9 Å². The fraction of sp³-hybridized carbons (Fsp3) is 0.231. The molecule has 1 saturated carbocycles. The van der Waals surface area contributed by atoms with Crippen LogP contribution in [0.1, 0.15) is 24.5 Å². The Labute approximate surface area is 123 Å². The molecule has 0 radical (unpaired) electrons. The third kappa shape index (κ3) is 2.08. The number of hydrogen-bond acceptors (Lipinski definition) is 7. The maximum absolute atomic E-state index is 5.74. The topological polar surface area (TPSA) is 77.6 Å². The van der Waals surface area contributed by atoms with E-state index in [4.69, 9.17) is 10.7 Å². The van der Waals surface area contributed by atoms with E-state index >= 15 is 0 Å². The van der Waals surface area contributed by atoms with E-state index in [1.165, 1.54) is 24.2 Å². The molecule has 4 rings (SSSR count). The van der Waals surface area contributed by atoms with Gasteiger partial charge in [-0.1, -0.05) is 0 Å². The zero-order valence-corrected chi connectivity index (χ0v) is 12.1. The van der Waals surface area contributed by atoms with Gasteiger partial charge in [-0.15, -0.1) is 22.7 Å². The Hall–Kier alpha value is -1.86. The van der Waals surface area contributed by atoms with Crippen LogP contribution in [0.5, 0.6) is 0 Å². The largest absolute Gasteiger partial charge is 0.375 e. The number of nitrogens with two attached hydrogens (primary N) is 1. The van der Waals surface area contributed by atoms with Crippen LogP contribution in [-0.4, -0.2) is 19.9 Å². The van der Waals surface area contributed by atoms with E-state index in [1.807, 2.05) is 5.38 Å². The van der Waals surface area contributed by atoms with Crippen LogP contribution in [0.2, 0.25) is 0 Å². The first-order valence-electron chi connectivity index (χ1n) is 6.30. The molecule has 1 fully saturated rings. The van der Waals surface area contributed by atoms with Gasteiger partial charge in [-0.3, -0.25) is 9.97 Å². The molecule has 0 aliphatic heterocycles. The number of anilines is 1. The number of rotatable bonds is 3. The van der Waals surface area contributed by atoms with Gasteiger partial charge in [-0.05, 0) is 12.8 Å². The average molecular weight is 301 g/mol. The van der Waals surface area contributed by atoms with Crippen molar-refractivity contribution in [2.45, 2.75) is 18.8 Å². The second-order valence-electron chi connectivity index (χ2n) is 4.67. The zero-order valence-electron chi connectivity index (χ0n) is 10.5. The first-order chi connectivity index (χ1) is 9.81. The molecular weight excluding hydrogens is 290 g/mol. The number of hydrogen-bond donors (Lipinski definition) is 1. The second-order valence-corrected chi connectivity index (χ2v) is 6.56. The molecule has 3 heterocycles. The summed E-state index contributed by atoms with van der Waals surface area (Å²) in [6.07, 6.45) is 7.51. The molecule has 7 heteroatoms. The molecule has 100 valence electrons. The van der Waals surface area contributed by atoms with Crippen LogP contribution in [0.15, 0.2) is 24.0 Å². The van der Waals surface area contributed by atoms with Gasteiger partial charge in [0.1, 0.15) is 10.7 Å². The van der Waals surface area contributed by atoms with Crippen molar-refractivity contribution in [2.24, 2.45) is 0 Å². The van der Waals surface area contributed by atoms with Crippen LogP contribution in [0.25, 0.3) is 21.3 Å². The summed E-state index contributed by atoms with van der Waals surface area (Å²) < 4.78 is 0. The van der Waals surface area contributed by atoms with E-state index in [9.17, 15) is 0 Å². The number of thiazole rings is 2. The molecule has 0 atom stereocenters. The highest BCUT2D eigenvalue weighted by molar-refractivity contribution is 7.19. The van der Waals surface area contributed by atoms with Crippen molar-refractivity contribution in [3.8, 4) is 21.3 Å². The summed E-state index contributed by atoms with van der Waals surface area (Å²) in [5.41, 5.74) is 8.63. The van der Waals surface area contributed by atoms with E-state index in [1.54, 1.807) is 29.9 Å². The maximum Gasteiger partial charge on any atom is 0.180 e. The van der Waals surface area contributed by atoms with E-state index in [-0.39, 0.29) is 0 Å². The smallest absolute Gasteiger partial charge is 0.180 e. The summed E-state index contributed by atoms with van der Waals surface area (Å²) in [5.74, 6) is 0.564. The Morgan fingerprint density at radius 1 is 1.15 bits per heavy atom. The lowest BCUT2D eigenvalue weighted by Crippen LogP contribution is -1.87. The van der Waals surface area contributed by atoms with Crippen LogP contribution >= 0.6 is 22.7 Å². The molecule has 2 N–H and O–H groups in total. The molecule has 5 nitrogen and oxygen atoms in total. The highest BCUT2D eigenvalue weighted by Gasteiger charge is 2.31. The molecule has 1 aliphatic carbocycles. The normalized spacial score (nSPS) is 14.6. The Balaban J connectivity index is 1.83. The highest BCUT2D eigenvalue weighted by Crippen LogP contribution is 2.47. The third-order valence-electron chi connectivity index (χ3n) is 3.15. The molecule has 1 aliphatic rings. The highest BCUT2D eigenvalue weighted by atomic mass is 32.1. The summed E-state index contributed by atoms with van der Waals surface area (Å²) in [6.45, 7) is 0. The van der Waals surface area contributed by atoms with Gasteiger partial charge in [0.25, 0.3) is 0 Å². The van der Waals surface area contributed by atoms with Crippen molar-refractivity contribution in [3.63, 3.8) is 0 Å². The third-order valence-corrected chi connectivity index (χ3v) is 4.94. The maximum atomic E-state index is 5.74. The van der Waals surface area contributed by atoms with Gasteiger partial charge in [-0.2, -0.15) is 0 Å². The molecule has 0 aromatic carbocycles.